The number of aromatic nitrogens is 2. The molecule has 1 aliphatic carbocycles. The lowest BCUT2D eigenvalue weighted by molar-refractivity contribution is 0.101. The first-order valence-corrected chi connectivity index (χ1v) is 8.61. The molecule has 4 rings (SSSR count). The molecule has 1 aromatic carbocycles. The Morgan fingerprint density at radius 1 is 1.21 bits per heavy atom. The van der Waals surface area contributed by atoms with Gasteiger partial charge in [0.1, 0.15) is 11.2 Å². The van der Waals surface area contributed by atoms with E-state index in [-0.39, 0.29) is 5.78 Å². The number of hydrogen-bond acceptors (Lipinski definition) is 6. The lowest BCUT2D eigenvalue weighted by Crippen LogP contribution is -1.97. The van der Waals surface area contributed by atoms with Gasteiger partial charge in [-0.1, -0.05) is 0 Å². The summed E-state index contributed by atoms with van der Waals surface area (Å²) in [6.45, 7) is 1.53. The molecule has 1 aliphatic rings. The number of carbonyl (C=O) groups excluding carboxylic acids is 1. The molecule has 24 heavy (non-hydrogen) atoms. The lowest BCUT2D eigenvalue weighted by Gasteiger charge is -2.11. The van der Waals surface area contributed by atoms with Gasteiger partial charge in [-0.05, 0) is 49.9 Å². The zero-order chi connectivity index (χ0) is 16.7. The minimum absolute atomic E-state index is 0.0140. The van der Waals surface area contributed by atoms with E-state index in [2.05, 4.69) is 9.97 Å². The highest BCUT2D eigenvalue weighted by Crippen LogP contribution is 2.42. The molecule has 0 saturated carbocycles. The van der Waals surface area contributed by atoms with Crippen molar-refractivity contribution in [3.8, 4) is 17.4 Å². The highest BCUT2D eigenvalue weighted by atomic mass is 32.1. The fraction of sp³-hybridized carbons (Fsp3) is 0.278. The maximum Gasteiger partial charge on any atom is 0.231 e. The van der Waals surface area contributed by atoms with Crippen molar-refractivity contribution in [2.75, 3.05) is 7.11 Å². The van der Waals surface area contributed by atoms with Crippen molar-refractivity contribution in [1.82, 2.24) is 9.97 Å². The molecular weight excluding hydrogens is 324 g/mol. The lowest BCUT2D eigenvalue weighted by atomic mass is 10.1. The summed E-state index contributed by atoms with van der Waals surface area (Å²) in [7, 11) is 1.56. The Morgan fingerprint density at radius 3 is 2.88 bits per heavy atom. The van der Waals surface area contributed by atoms with Gasteiger partial charge in [0.15, 0.2) is 17.3 Å². The Labute approximate surface area is 143 Å². The summed E-state index contributed by atoms with van der Waals surface area (Å²) in [6, 6.07) is 5.17. The van der Waals surface area contributed by atoms with Crippen LogP contribution in [0.2, 0.25) is 0 Å². The van der Waals surface area contributed by atoms with Gasteiger partial charge in [0.2, 0.25) is 5.88 Å². The van der Waals surface area contributed by atoms with Crippen molar-refractivity contribution in [3.05, 3.63) is 40.5 Å². The molecule has 0 atom stereocenters. The average Bonchev–Trinajstić information content (AvgIpc) is 3.16. The second-order valence-electron chi connectivity index (χ2n) is 5.74. The molecule has 5 nitrogen and oxygen atoms in total. The normalized spacial score (nSPS) is 13.1. The van der Waals surface area contributed by atoms with Gasteiger partial charge >= 0.3 is 0 Å². The van der Waals surface area contributed by atoms with Crippen LogP contribution in [0.25, 0.3) is 10.2 Å². The largest absolute Gasteiger partial charge is 0.493 e. The van der Waals surface area contributed by atoms with Crippen LogP contribution in [0.3, 0.4) is 0 Å². The third-order valence-corrected chi connectivity index (χ3v) is 5.44. The number of ether oxygens (including phenoxy) is 2. The van der Waals surface area contributed by atoms with Gasteiger partial charge in [-0.2, -0.15) is 0 Å². The van der Waals surface area contributed by atoms with Gasteiger partial charge in [-0.25, -0.2) is 9.97 Å². The first kappa shape index (κ1) is 15.1. The second kappa shape index (κ2) is 5.87. The Morgan fingerprint density at radius 2 is 2.08 bits per heavy atom. The number of benzene rings is 1. The number of ketones is 1. The van der Waals surface area contributed by atoms with Gasteiger partial charge in [0.05, 0.1) is 12.5 Å². The van der Waals surface area contributed by atoms with Crippen molar-refractivity contribution < 1.29 is 14.3 Å². The number of carbonyl (C=O) groups is 1. The van der Waals surface area contributed by atoms with Gasteiger partial charge < -0.3 is 9.47 Å². The monoisotopic (exact) mass is 340 g/mol. The Hall–Kier alpha value is -2.47. The van der Waals surface area contributed by atoms with Crippen LogP contribution < -0.4 is 9.47 Å². The number of rotatable bonds is 4. The molecule has 0 aliphatic heterocycles. The number of Topliss-reactive ketones (excluding diaryl/α,β-unsaturated/α-hetero) is 1. The van der Waals surface area contributed by atoms with E-state index >= 15 is 0 Å². The Balaban J connectivity index is 1.79. The van der Waals surface area contributed by atoms with Gasteiger partial charge in [-0.15, -0.1) is 11.3 Å². The fourth-order valence-corrected chi connectivity index (χ4v) is 4.27. The van der Waals surface area contributed by atoms with Crippen LogP contribution in [-0.4, -0.2) is 22.9 Å². The average molecular weight is 340 g/mol. The Bertz CT molecular complexity index is 949. The van der Waals surface area contributed by atoms with E-state index in [1.165, 1.54) is 30.1 Å². The molecular formula is C18H16N2O3S. The molecule has 3 aromatic rings. The summed E-state index contributed by atoms with van der Waals surface area (Å²) in [6.07, 6.45) is 4.84. The summed E-state index contributed by atoms with van der Waals surface area (Å²) < 4.78 is 11.4. The van der Waals surface area contributed by atoms with Crippen molar-refractivity contribution in [2.45, 2.75) is 26.2 Å². The predicted octanol–water partition coefficient (Wildman–Crippen LogP) is 4.18. The van der Waals surface area contributed by atoms with E-state index < -0.39 is 0 Å². The number of aryl methyl sites for hydroxylation is 2. The van der Waals surface area contributed by atoms with E-state index in [4.69, 9.17) is 9.47 Å². The molecule has 2 aromatic heterocycles. The molecule has 0 N–H and O–H groups in total. The number of methoxy groups -OCH3 is 1. The standard InChI is InChI=1S/C18H16N2O3S/c1-10(21)11-6-7-13(14(8-11)22-2)23-17-16-12-4-3-5-15(12)24-18(16)20-9-19-17/h6-9H,3-5H2,1-2H3. The van der Waals surface area contributed by atoms with Gasteiger partial charge in [-0.3, -0.25) is 4.79 Å². The Kier molecular flexibility index (Phi) is 3.69. The third-order valence-electron chi connectivity index (χ3n) is 4.24. The van der Waals surface area contributed by atoms with Crippen molar-refractivity contribution in [3.63, 3.8) is 0 Å². The second-order valence-corrected chi connectivity index (χ2v) is 6.82. The quantitative estimate of drug-likeness (QED) is 0.667. The molecule has 0 unspecified atom stereocenters. The number of hydrogen-bond donors (Lipinski definition) is 0. The summed E-state index contributed by atoms with van der Waals surface area (Å²) in [4.78, 5) is 22.6. The van der Waals surface area contributed by atoms with E-state index in [1.54, 1.807) is 36.6 Å². The van der Waals surface area contributed by atoms with Crippen LogP contribution in [0.4, 0.5) is 0 Å². The molecule has 0 amide bonds. The van der Waals surface area contributed by atoms with E-state index in [0.29, 0.717) is 22.9 Å². The van der Waals surface area contributed by atoms with Crippen LogP contribution in [0.15, 0.2) is 24.5 Å². The summed E-state index contributed by atoms with van der Waals surface area (Å²) in [5.41, 5.74) is 1.90. The van der Waals surface area contributed by atoms with Gasteiger partial charge in [0, 0.05) is 10.4 Å². The van der Waals surface area contributed by atoms with E-state index in [1.807, 2.05) is 0 Å². The molecule has 0 spiro atoms. The van der Waals surface area contributed by atoms with Crippen molar-refractivity contribution >= 4 is 27.3 Å². The molecule has 6 heteroatoms. The predicted molar refractivity (Wildman–Crippen MR) is 92.5 cm³/mol. The minimum Gasteiger partial charge on any atom is -0.493 e. The first-order chi connectivity index (χ1) is 11.7. The molecule has 122 valence electrons. The molecule has 0 bridgehead atoms. The minimum atomic E-state index is -0.0140. The van der Waals surface area contributed by atoms with Crippen molar-refractivity contribution in [1.29, 1.82) is 0 Å². The smallest absolute Gasteiger partial charge is 0.231 e. The SMILES string of the molecule is COc1cc(C(C)=O)ccc1Oc1ncnc2sc3c(c12)CCC3. The highest BCUT2D eigenvalue weighted by Gasteiger charge is 2.22. The summed E-state index contributed by atoms with van der Waals surface area (Å²) in [5.74, 6) is 1.59. The highest BCUT2D eigenvalue weighted by molar-refractivity contribution is 7.18. The summed E-state index contributed by atoms with van der Waals surface area (Å²) >= 11 is 1.72. The van der Waals surface area contributed by atoms with Crippen LogP contribution in [0, 0.1) is 0 Å². The van der Waals surface area contributed by atoms with Crippen LogP contribution in [0.1, 0.15) is 34.1 Å². The van der Waals surface area contributed by atoms with Gasteiger partial charge in [0.25, 0.3) is 0 Å². The number of fused-ring (bicyclic) bond motifs is 3. The van der Waals surface area contributed by atoms with E-state index in [0.717, 1.165) is 23.1 Å². The molecule has 2 heterocycles. The van der Waals surface area contributed by atoms with Crippen LogP contribution in [0.5, 0.6) is 17.4 Å². The maximum absolute atomic E-state index is 11.5. The fourth-order valence-electron chi connectivity index (χ4n) is 3.05. The first-order valence-electron chi connectivity index (χ1n) is 7.79. The number of nitrogens with zero attached hydrogens (tertiary/aromatic N) is 2. The number of thiophene rings is 1. The van der Waals surface area contributed by atoms with Crippen molar-refractivity contribution in [2.24, 2.45) is 0 Å². The topological polar surface area (TPSA) is 61.3 Å². The van der Waals surface area contributed by atoms with Crippen LogP contribution >= 0.6 is 11.3 Å². The van der Waals surface area contributed by atoms with Crippen LogP contribution in [-0.2, 0) is 12.8 Å². The molecule has 0 radical (unpaired) electrons. The third kappa shape index (κ3) is 2.43. The molecule has 0 saturated heterocycles. The zero-order valence-electron chi connectivity index (χ0n) is 13.5. The van der Waals surface area contributed by atoms with E-state index in [9.17, 15) is 4.79 Å². The maximum atomic E-state index is 11.5. The zero-order valence-corrected chi connectivity index (χ0v) is 14.3. The molecule has 0 fully saturated rings. The summed E-state index contributed by atoms with van der Waals surface area (Å²) in [5, 5.41) is 1.01.